The third-order valence-electron chi connectivity index (χ3n) is 3.68. The molecule has 2 N–H and O–H groups in total. The number of hydrogen-bond donors (Lipinski definition) is 2. The Labute approximate surface area is 137 Å². The number of nitrogens with zero attached hydrogens (tertiary/aromatic N) is 2. The predicted molar refractivity (Wildman–Crippen MR) is 87.8 cm³/mol. The molecule has 1 aliphatic rings. The minimum atomic E-state index is -0.476. The van der Waals surface area contributed by atoms with Crippen LogP contribution in [0.3, 0.4) is 0 Å². The Kier molecular flexibility index (Phi) is 5.96. The van der Waals surface area contributed by atoms with Gasteiger partial charge in [0.1, 0.15) is 5.60 Å². The summed E-state index contributed by atoms with van der Waals surface area (Å²) < 4.78 is 5.32. The summed E-state index contributed by atoms with van der Waals surface area (Å²) in [7, 11) is 0. The molecule has 0 spiro atoms. The van der Waals surface area contributed by atoms with Gasteiger partial charge in [-0.1, -0.05) is 0 Å². The molecule has 0 aromatic carbocycles. The first kappa shape index (κ1) is 17.7. The summed E-state index contributed by atoms with van der Waals surface area (Å²) in [6.45, 7) is 8.14. The molecule has 1 saturated heterocycles. The number of likely N-dealkylation sites (tertiary alicyclic amines) is 1. The van der Waals surface area contributed by atoms with Gasteiger partial charge in [0.2, 0.25) is 0 Å². The van der Waals surface area contributed by atoms with Gasteiger partial charge >= 0.3 is 6.09 Å². The number of aromatic nitrogens is 1. The molecule has 1 amide bonds. The number of rotatable bonds is 4. The first-order valence-electron chi connectivity index (χ1n) is 8.12. The van der Waals surface area contributed by atoms with Crippen LogP contribution in [-0.4, -0.2) is 45.8 Å². The second kappa shape index (κ2) is 7.75. The molecule has 0 saturated carbocycles. The van der Waals surface area contributed by atoms with E-state index in [1.54, 1.807) is 6.20 Å². The number of ether oxygens (including phenoxy) is 1. The Balaban J connectivity index is 1.86. The average Bonchev–Trinajstić information content (AvgIpc) is 2.45. The van der Waals surface area contributed by atoms with Crippen LogP contribution >= 0.6 is 0 Å². The van der Waals surface area contributed by atoms with Crippen molar-refractivity contribution < 1.29 is 14.6 Å². The van der Waals surface area contributed by atoms with Crippen molar-refractivity contribution in [3.63, 3.8) is 0 Å². The highest BCUT2D eigenvalue weighted by molar-refractivity contribution is 5.68. The van der Waals surface area contributed by atoms with Crippen molar-refractivity contribution in [2.45, 2.75) is 58.4 Å². The number of alkyl carbamates (subject to hydrolysis) is 1. The van der Waals surface area contributed by atoms with E-state index in [-0.39, 0.29) is 18.7 Å². The normalized spacial score (nSPS) is 19.4. The lowest BCUT2D eigenvalue weighted by molar-refractivity contribution is 0.0470. The van der Waals surface area contributed by atoms with Gasteiger partial charge in [-0.25, -0.2) is 4.79 Å². The molecule has 1 fully saturated rings. The van der Waals surface area contributed by atoms with Crippen molar-refractivity contribution in [3.8, 4) is 0 Å². The van der Waals surface area contributed by atoms with Gasteiger partial charge in [-0.05, 0) is 57.9 Å². The Morgan fingerprint density at radius 3 is 3.00 bits per heavy atom. The zero-order valence-electron chi connectivity index (χ0n) is 14.2. The van der Waals surface area contributed by atoms with E-state index >= 15 is 0 Å². The minimum absolute atomic E-state index is 0.0450. The zero-order chi connectivity index (χ0) is 16.9. The van der Waals surface area contributed by atoms with Gasteiger partial charge < -0.3 is 15.2 Å². The highest BCUT2D eigenvalue weighted by atomic mass is 16.6. The van der Waals surface area contributed by atoms with Crippen LogP contribution in [0.15, 0.2) is 18.3 Å². The first-order chi connectivity index (χ1) is 10.9. The number of pyridine rings is 1. The maximum absolute atomic E-state index is 11.9. The van der Waals surface area contributed by atoms with Crippen LogP contribution in [0, 0.1) is 0 Å². The number of carbonyl (C=O) groups excluding carboxylic acids is 1. The molecule has 23 heavy (non-hydrogen) atoms. The molecule has 128 valence electrons. The van der Waals surface area contributed by atoms with Crippen molar-refractivity contribution in [2.75, 3.05) is 13.1 Å². The van der Waals surface area contributed by atoms with E-state index in [1.807, 2.05) is 32.9 Å². The Bertz CT molecular complexity index is 528. The lowest BCUT2D eigenvalue weighted by Crippen LogP contribution is -2.48. The van der Waals surface area contributed by atoms with Crippen molar-refractivity contribution >= 4 is 6.09 Å². The fourth-order valence-electron chi connectivity index (χ4n) is 2.76. The van der Waals surface area contributed by atoms with E-state index in [9.17, 15) is 4.79 Å². The van der Waals surface area contributed by atoms with Gasteiger partial charge in [-0.2, -0.15) is 0 Å². The molecular weight excluding hydrogens is 294 g/mol. The number of aliphatic hydroxyl groups is 1. The van der Waals surface area contributed by atoms with E-state index in [0.717, 1.165) is 38.0 Å². The summed E-state index contributed by atoms with van der Waals surface area (Å²) in [5, 5.41) is 12.1. The topological polar surface area (TPSA) is 74.7 Å². The summed E-state index contributed by atoms with van der Waals surface area (Å²) in [5.41, 5.74) is 1.33. The molecule has 6 nitrogen and oxygen atoms in total. The molecule has 1 aromatic heterocycles. The van der Waals surface area contributed by atoms with Crippen molar-refractivity contribution in [1.29, 1.82) is 0 Å². The summed E-state index contributed by atoms with van der Waals surface area (Å²) in [6.07, 6.45) is 3.38. The number of piperidine rings is 1. The highest BCUT2D eigenvalue weighted by Gasteiger charge is 2.24. The molecule has 0 aliphatic carbocycles. The predicted octanol–water partition coefficient (Wildman–Crippen LogP) is 2.06. The smallest absolute Gasteiger partial charge is 0.407 e. The van der Waals surface area contributed by atoms with Gasteiger partial charge in [0.25, 0.3) is 0 Å². The average molecular weight is 321 g/mol. The van der Waals surface area contributed by atoms with Crippen LogP contribution in [0.2, 0.25) is 0 Å². The second-order valence-corrected chi connectivity index (χ2v) is 7.03. The molecule has 1 aromatic rings. The standard InChI is InChI=1S/C17H27N3O3/c1-17(2,3)23-16(22)19-14-5-4-8-20(11-14)10-13-6-7-18-15(9-13)12-21/h6-7,9,14,21H,4-5,8,10-12H2,1-3H3,(H,19,22)/t14-/m1/s1. The van der Waals surface area contributed by atoms with E-state index < -0.39 is 5.60 Å². The van der Waals surface area contributed by atoms with E-state index in [2.05, 4.69) is 15.2 Å². The maximum atomic E-state index is 11.9. The van der Waals surface area contributed by atoms with Crippen molar-refractivity contribution in [2.24, 2.45) is 0 Å². The molecule has 6 heteroatoms. The first-order valence-corrected chi connectivity index (χ1v) is 8.12. The molecule has 1 atom stereocenters. The fourth-order valence-corrected chi connectivity index (χ4v) is 2.76. The zero-order valence-corrected chi connectivity index (χ0v) is 14.2. The summed E-state index contributed by atoms with van der Waals surface area (Å²) in [4.78, 5) is 18.3. The highest BCUT2D eigenvalue weighted by Crippen LogP contribution is 2.15. The van der Waals surface area contributed by atoms with E-state index in [0.29, 0.717) is 5.69 Å². The van der Waals surface area contributed by atoms with Crippen LogP contribution in [0.25, 0.3) is 0 Å². The van der Waals surface area contributed by atoms with Gasteiger partial charge in [0, 0.05) is 25.3 Å². The SMILES string of the molecule is CC(C)(C)OC(=O)N[C@@H]1CCCN(Cc2ccnc(CO)c2)C1. The van der Waals surface area contributed by atoms with Crippen LogP contribution in [-0.2, 0) is 17.9 Å². The minimum Gasteiger partial charge on any atom is -0.444 e. The quantitative estimate of drug-likeness (QED) is 0.888. The van der Waals surface area contributed by atoms with Gasteiger partial charge in [0.05, 0.1) is 12.3 Å². The monoisotopic (exact) mass is 321 g/mol. The number of nitrogens with one attached hydrogen (secondary N) is 1. The lowest BCUT2D eigenvalue weighted by atomic mass is 10.0. The molecule has 0 unspecified atom stereocenters. The largest absolute Gasteiger partial charge is 0.444 e. The number of amides is 1. The molecule has 1 aliphatic heterocycles. The van der Waals surface area contributed by atoms with Crippen molar-refractivity contribution in [3.05, 3.63) is 29.6 Å². The van der Waals surface area contributed by atoms with Gasteiger partial charge in [-0.15, -0.1) is 0 Å². The van der Waals surface area contributed by atoms with E-state index in [4.69, 9.17) is 9.84 Å². The third-order valence-corrected chi connectivity index (χ3v) is 3.68. The Hall–Kier alpha value is -1.66. The molecular formula is C17H27N3O3. The number of carbonyl (C=O) groups is 1. The van der Waals surface area contributed by atoms with Crippen LogP contribution in [0.4, 0.5) is 4.79 Å². The Morgan fingerprint density at radius 2 is 2.30 bits per heavy atom. The van der Waals surface area contributed by atoms with Crippen LogP contribution < -0.4 is 5.32 Å². The second-order valence-electron chi connectivity index (χ2n) is 7.03. The molecule has 2 rings (SSSR count). The molecule has 0 bridgehead atoms. The van der Waals surface area contributed by atoms with Gasteiger partial charge in [-0.3, -0.25) is 9.88 Å². The summed E-state index contributed by atoms with van der Waals surface area (Å²) in [5.74, 6) is 0. The summed E-state index contributed by atoms with van der Waals surface area (Å²) in [6, 6.07) is 3.99. The van der Waals surface area contributed by atoms with Crippen molar-refractivity contribution in [1.82, 2.24) is 15.2 Å². The maximum Gasteiger partial charge on any atom is 0.407 e. The molecule has 2 heterocycles. The molecule has 0 radical (unpaired) electrons. The third kappa shape index (κ3) is 6.15. The number of aliphatic hydroxyl groups excluding tert-OH is 1. The number of hydrogen-bond acceptors (Lipinski definition) is 5. The van der Waals surface area contributed by atoms with E-state index in [1.165, 1.54) is 0 Å². The summed E-state index contributed by atoms with van der Waals surface area (Å²) >= 11 is 0. The van der Waals surface area contributed by atoms with Crippen LogP contribution in [0.5, 0.6) is 0 Å². The van der Waals surface area contributed by atoms with Gasteiger partial charge in [0.15, 0.2) is 0 Å². The Morgan fingerprint density at radius 1 is 1.52 bits per heavy atom. The lowest BCUT2D eigenvalue weighted by Gasteiger charge is -2.33. The fraction of sp³-hybridized carbons (Fsp3) is 0.647. The van der Waals surface area contributed by atoms with Crippen LogP contribution in [0.1, 0.15) is 44.9 Å².